The van der Waals surface area contributed by atoms with Gasteiger partial charge in [-0.3, -0.25) is 4.68 Å². The highest BCUT2D eigenvalue weighted by atomic mass is 32.1. The van der Waals surface area contributed by atoms with E-state index in [-0.39, 0.29) is 11.9 Å². The van der Waals surface area contributed by atoms with Crippen LogP contribution < -0.4 is 5.73 Å². The van der Waals surface area contributed by atoms with Gasteiger partial charge < -0.3 is 5.73 Å². The first-order valence-corrected chi connectivity index (χ1v) is 7.46. The Labute approximate surface area is 120 Å². The monoisotopic (exact) mass is 289 g/mol. The average molecular weight is 289 g/mol. The van der Waals surface area contributed by atoms with Crippen molar-refractivity contribution < 1.29 is 4.39 Å². The van der Waals surface area contributed by atoms with Crippen molar-refractivity contribution >= 4 is 21.4 Å². The van der Waals surface area contributed by atoms with Gasteiger partial charge in [-0.15, -0.1) is 11.3 Å². The van der Waals surface area contributed by atoms with E-state index in [0.717, 1.165) is 33.5 Å². The zero-order chi connectivity index (χ0) is 14.1. The molecule has 0 bridgehead atoms. The lowest BCUT2D eigenvalue weighted by molar-refractivity contribution is 0.602. The van der Waals surface area contributed by atoms with Crippen LogP contribution in [0.15, 0.2) is 36.7 Å². The third-order valence-electron chi connectivity index (χ3n) is 3.27. The van der Waals surface area contributed by atoms with Crippen molar-refractivity contribution in [3.63, 3.8) is 0 Å². The molecular formula is C15H16FN3S. The fourth-order valence-electron chi connectivity index (χ4n) is 2.23. The third kappa shape index (κ3) is 2.46. The summed E-state index contributed by atoms with van der Waals surface area (Å²) in [6.07, 6.45) is 4.84. The maximum Gasteiger partial charge on any atom is 0.124 e. The van der Waals surface area contributed by atoms with E-state index in [0.29, 0.717) is 0 Å². The smallest absolute Gasteiger partial charge is 0.124 e. The van der Waals surface area contributed by atoms with Crippen molar-refractivity contribution in [1.29, 1.82) is 0 Å². The fraction of sp³-hybridized carbons (Fsp3) is 0.267. The first kappa shape index (κ1) is 13.3. The van der Waals surface area contributed by atoms with E-state index in [1.807, 2.05) is 23.1 Å². The standard InChI is InChI=1S/C15H16FN3S/c1-2-5-19-9-11(8-18-19)15(17)14-6-10-3-4-12(16)7-13(10)20-14/h3-4,6-9,15H,2,5,17H2,1H3. The normalized spacial score (nSPS) is 12.9. The van der Waals surface area contributed by atoms with Gasteiger partial charge in [0.15, 0.2) is 0 Å². The summed E-state index contributed by atoms with van der Waals surface area (Å²) in [6.45, 7) is 3.01. The summed E-state index contributed by atoms with van der Waals surface area (Å²) >= 11 is 1.53. The van der Waals surface area contributed by atoms with Crippen LogP contribution in [0, 0.1) is 5.82 Å². The van der Waals surface area contributed by atoms with Crippen molar-refractivity contribution in [2.24, 2.45) is 5.73 Å². The van der Waals surface area contributed by atoms with Crippen LogP contribution in [-0.2, 0) is 6.54 Å². The number of aromatic nitrogens is 2. The van der Waals surface area contributed by atoms with Gasteiger partial charge in [-0.1, -0.05) is 13.0 Å². The van der Waals surface area contributed by atoms with Gasteiger partial charge >= 0.3 is 0 Å². The van der Waals surface area contributed by atoms with Gasteiger partial charge in [-0.05, 0) is 30.0 Å². The molecule has 3 rings (SSSR count). The minimum absolute atomic E-state index is 0.207. The number of halogens is 1. The van der Waals surface area contributed by atoms with Gasteiger partial charge in [0.05, 0.1) is 12.2 Å². The van der Waals surface area contributed by atoms with Crippen molar-refractivity contribution in [3.8, 4) is 0 Å². The van der Waals surface area contributed by atoms with Gasteiger partial charge in [0, 0.05) is 27.9 Å². The van der Waals surface area contributed by atoms with Gasteiger partial charge in [0.25, 0.3) is 0 Å². The highest BCUT2D eigenvalue weighted by Crippen LogP contribution is 2.32. The summed E-state index contributed by atoms with van der Waals surface area (Å²) < 4.78 is 16.1. The zero-order valence-corrected chi connectivity index (χ0v) is 12.0. The van der Waals surface area contributed by atoms with Crippen molar-refractivity contribution in [3.05, 3.63) is 52.9 Å². The van der Waals surface area contributed by atoms with Gasteiger partial charge in [-0.25, -0.2) is 4.39 Å². The van der Waals surface area contributed by atoms with Crippen LogP contribution in [0.1, 0.15) is 29.8 Å². The van der Waals surface area contributed by atoms with Crippen LogP contribution in [0.2, 0.25) is 0 Å². The molecule has 0 spiro atoms. The Balaban J connectivity index is 1.92. The van der Waals surface area contributed by atoms with E-state index in [9.17, 15) is 4.39 Å². The maximum atomic E-state index is 13.2. The van der Waals surface area contributed by atoms with E-state index in [1.165, 1.54) is 17.4 Å². The predicted octanol–water partition coefficient (Wildman–Crippen LogP) is 3.70. The van der Waals surface area contributed by atoms with E-state index in [4.69, 9.17) is 5.73 Å². The average Bonchev–Trinajstić information content (AvgIpc) is 3.04. The maximum absolute atomic E-state index is 13.2. The Kier molecular flexibility index (Phi) is 3.54. The molecule has 0 radical (unpaired) electrons. The van der Waals surface area contributed by atoms with Crippen molar-refractivity contribution in [1.82, 2.24) is 9.78 Å². The Morgan fingerprint density at radius 2 is 2.25 bits per heavy atom. The number of fused-ring (bicyclic) bond motifs is 1. The highest BCUT2D eigenvalue weighted by molar-refractivity contribution is 7.19. The lowest BCUT2D eigenvalue weighted by Crippen LogP contribution is -2.09. The van der Waals surface area contributed by atoms with Crippen LogP contribution in [0.5, 0.6) is 0 Å². The predicted molar refractivity (Wildman–Crippen MR) is 80.3 cm³/mol. The molecule has 2 heterocycles. The molecule has 2 aromatic heterocycles. The van der Waals surface area contributed by atoms with Gasteiger partial charge in [-0.2, -0.15) is 5.10 Å². The second-order valence-electron chi connectivity index (χ2n) is 4.85. The van der Waals surface area contributed by atoms with E-state index in [1.54, 1.807) is 12.1 Å². The lowest BCUT2D eigenvalue weighted by Gasteiger charge is -2.05. The molecule has 1 atom stereocenters. The molecule has 1 unspecified atom stereocenters. The lowest BCUT2D eigenvalue weighted by atomic mass is 10.1. The SMILES string of the molecule is CCCn1cc(C(N)c2cc3ccc(F)cc3s2)cn1. The quantitative estimate of drug-likeness (QED) is 0.796. The molecule has 0 saturated heterocycles. The molecule has 1 aromatic carbocycles. The number of aryl methyl sites for hydroxylation is 1. The van der Waals surface area contributed by atoms with Crippen LogP contribution in [0.3, 0.4) is 0 Å². The summed E-state index contributed by atoms with van der Waals surface area (Å²) in [5.74, 6) is -0.213. The fourth-order valence-corrected chi connectivity index (χ4v) is 3.35. The van der Waals surface area contributed by atoms with Gasteiger partial charge in [0.2, 0.25) is 0 Å². The van der Waals surface area contributed by atoms with Crippen LogP contribution in [0.25, 0.3) is 10.1 Å². The Morgan fingerprint density at radius 3 is 3.05 bits per heavy atom. The summed E-state index contributed by atoms with van der Waals surface area (Å²) in [5.41, 5.74) is 7.28. The minimum Gasteiger partial charge on any atom is -0.320 e. The zero-order valence-electron chi connectivity index (χ0n) is 11.2. The number of nitrogens with two attached hydrogens (primary N) is 1. The first-order chi connectivity index (χ1) is 9.67. The summed E-state index contributed by atoms with van der Waals surface area (Å²) in [4.78, 5) is 1.03. The molecule has 5 heteroatoms. The summed E-state index contributed by atoms with van der Waals surface area (Å²) in [7, 11) is 0. The number of benzene rings is 1. The van der Waals surface area contributed by atoms with Crippen LogP contribution >= 0.6 is 11.3 Å². The van der Waals surface area contributed by atoms with E-state index in [2.05, 4.69) is 12.0 Å². The van der Waals surface area contributed by atoms with E-state index >= 15 is 0 Å². The molecule has 2 N–H and O–H groups in total. The molecule has 3 aromatic rings. The Bertz CT molecular complexity index is 732. The van der Waals surface area contributed by atoms with E-state index < -0.39 is 0 Å². The molecule has 0 aliphatic carbocycles. The van der Waals surface area contributed by atoms with Crippen molar-refractivity contribution in [2.75, 3.05) is 0 Å². The summed E-state index contributed by atoms with van der Waals surface area (Å²) in [6, 6.07) is 6.64. The Morgan fingerprint density at radius 1 is 1.40 bits per heavy atom. The number of rotatable bonds is 4. The molecule has 0 aliphatic rings. The molecule has 0 saturated carbocycles. The summed E-state index contributed by atoms with van der Waals surface area (Å²) in [5, 5.41) is 5.33. The molecule has 0 amide bonds. The van der Waals surface area contributed by atoms with Crippen LogP contribution in [0.4, 0.5) is 4.39 Å². The minimum atomic E-state index is -0.213. The molecule has 0 aliphatic heterocycles. The second kappa shape index (κ2) is 5.34. The van der Waals surface area contributed by atoms with Crippen LogP contribution in [-0.4, -0.2) is 9.78 Å². The molecular weight excluding hydrogens is 273 g/mol. The highest BCUT2D eigenvalue weighted by Gasteiger charge is 2.14. The molecule has 0 fully saturated rings. The number of hydrogen-bond acceptors (Lipinski definition) is 3. The third-order valence-corrected chi connectivity index (χ3v) is 4.45. The molecule has 3 nitrogen and oxygen atoms in total. The largest absolute Gasteiger partial charge is 0.320 e. The number of nitrogens with zero attached hydrogens (tertiary/aromatic N) is 2. The number of hydrogen-bond donors (Lipinski definition) is 1. The molecule has 104 valence electrons. The topological polar surface area (TPSA) is 43.8 Å². The van der Waals surface area contributed by atoms with Crippen molar-refractivity contribution in [2.45, 2.75) is 25.9 Å². The number of thiophene rings is 1. The van der Waals surface area contributed by atoms with Gasteiger partial charge in [0.1, 0.15) is 5.82 Å². The first-order valence-electron chi connectivity index (χ1n) is 6.64. The molecule has 20 heavy (non-hydrogen) atoms. The second-order valence-corrected chi connectivity index (χ2v) is 5.96. The Hall–Kier alpha value is -1.72.